The van der Waals surface area contributed by atoms with Gasteiger partial charge in [-0.1, -0.05) is 11.5 Å². The molecule has 1 aromatic carbocycles. The first-order valence-electron chi connectivity index (χ1n) is 7.14. The number of hydrogen-bond donors (Lipinski definition) is 0. The smallest absolute Gasteiger partial charge is 0.268 e. The molecule has 21 heavy (non-hydrogen) atoms. The number of fused-ring (bicyclic) bond motifs is 1. The maximum Gasteiger partial charge on any atom is 0.268 e. The highest BCUT2D eigenvalue weighted by Crippen LogP contribution is 2.31. The van der Waals surface area contributed by atoms with Crippen LogP contribution in [0.2, 0.25) is 0 Å². The van der Waals surface area contributed by atoms with E-state index >= 15 is 0 Å². The van der Waals surface area contributed by atoms with E-state index in [0.29, 0.717) is 5.92 Å². The number of piperidine rings is 1. The van der Waals surface area contributed by atoms with Gasteiger partial charge in [0.1, 0.15) is 5.75 Å². The van der Waals surface area contributed by atoms with E-state index in [9.17, 15) is 4.79 Å². The Bertz CT molecular complexity index is 701. The van der Waals surface area contributed by atoms with E-state index in [1.807, 2.05) is 16.1 Å². The van der Waals surface area contributed by atoms with Crippen molar-refractivity contribution in [2.24, 2.45) is 5.92 Å². The molecule has 6 heteroatoms. The summed E-state index contributed by atoms with van der Waals surface area (Å²) >= 11 is 5.00. The van der Waals surface area contributed by atoms with Crippen molar-refractivity contribution < 1.29 is 4.74 Å². The van der Waals surface area contributed by atoms with Crippen LogP contribution in [0, 0.1) is 5.92 Å². The van der Waals surface area contributed by atoms with Crippen molar-refractivity contribution in [2.45, 2.75) is 19.4 Å². The van der Waals surface area contributed by atoms with Gasteiger partial charge in [-0.15, -0.1) is 0 Å². The van der Waals surface area contributed by atoms with Crippen molar-refractivity contribution >= 4 is 37.5 Å². The Morgan fingerprint density at radius 1 is 1.38 bits per heavy atom. The summed E-state index contributed by atoms with van der Waals surface area (Å²) in [6.07, 6.45) is 2.34. The summed E-state index contributed by atoms with van der Waals surface area (Å²) in [7, 11) is 3.80. The molecule has 114 valence electrons. The van der Waals surface area contributed by atoms with E-state index in [0.717, 1.165) is 39.9 Å². The van der Waals surface area contributed by atoms with Crippen LogP contribution in [0.3, 0.4) is 0 Å². The van der Waals surface area contributed by atoms with E-state index < -0.39 is 0 Å². The molecule has 2 heterocycles. The molecule has 0 aliphatic carbocycles. The van der Waals surface area contributed by atoms with Crippen molar-refractivity contribution in [3.05, 3.63) is 27.0 Å². The van der Waals surface area contributed by atoms with Gasteiger partial charge in [-0.3, -0.25) is 8.75 Å². The van der Waals surface area contributed by atoms with Crippen LogP contribution in [0.25, 0.3) is 10.1 Å². The highest BCUT2D eigenvalue weighted by atomic mass is 79.9. The predicted molar refractivity (Wildman–Crippen MR) is 90.6 cm³/mol. The Balaban J connectivity index is 1.89. The lowest BCUT2D eigenvalue weighted by Crippen LogP contribution is -2.32. The van der Waals surface area contributed by atoms with Crippen LogP contribution >= 0.6 is 27.5 Å². The maximum absolute atomic E-state index is 12.5. The predicted octanol–water partition coefficient (Wildman–Crippen LogP) is 3.18. The first-order valence-corrected chi connectivity index (χ1v) is 8.71. The largest absolute Gasteiger partial charge is 0.496 e. The third kappa shape index (κ3) is 3.03. The molecule has 1 aliphatic rings. The standard InChI is InChI=1S/C15H19BrN2O2S/c1-17-5-3-10(4-6-17)9-18-15(19)11-7-12(16)13(20-2)8-14(11)21-18/h7-8,10H,3-6,9H2,1-2H3. The number of hydrogen-bond acceptors (Lipinski definition) is 4. The fraction of sp³-hybridized carbons (Fsp3) is 0.533. The molecule has 1 saturated heterocycles. The fourth-order valence-electron chi connectivity index (χ4n) is 2.83. The zero-order valence-corrected chi connectivity index (χ0v) is 14.7. The number of aromatic nitrogens is 1. The molecule has 0 spiro atoms. The molecule has 3 rings (SSSR count). The Kier molecular flexibility index (Phi) is 4.38. The lowest BCUT2D eigenvalue weighted by molar-refractivity contribution is 0.207. The number of halogens is 1. The maximum atomic E-state index is 12.5. The number of benzene rings is 1. The van der Waals surface area contributed by atoms with Crippen molar-refractivity contribution in [2.75, 3.05) is 27.2 Å². The van der Waals surface area contributed by atoms with E-state index in [-0.39, 0.29) is 5.56 Å². The van der Waals surface area contributed by atoms with Crippen LogP contribution in [0.1, 0.15) is 12.8 Å². The number of methoxy groups -OCH3 is 1. The van der Waals surface area contributed by atoms with Gasteiger partial charge < -0.3 is 9.64 Å². The van der Waals surface area contributed by atoms with Gasteiger partial charge in [0.25, 0.3) is 5.56 Å². The zero-order valence-electron chi connectivity index (χ0n) is 12.3. The Morgan fingerprint density at radius 3 is 2.76 bits per heavy atom. The second-order valence-electron chi connectivity index (χ2n) is 5.69. The van der Waals surface area contributed by atoms with E-state index in [1.165, 1.54) is 12.8 Å². The summed E-state index contributed by atoms with van der Waals surface area (Å²) < 4.78 is 9.04. The van der Waals surface area contributed by atoms with Gasteiger partial charge in [-0.05, 0) is 60.9 Å². The molecule has 0 unspecified atom stereocenters. The van der Waals surface area contributed by atoms with Gasteiger partial charge in [-0.2, -0.15) is 0 Å². The van der Waals surface area contributed by atoms with E-state index in [4.69, 9.17) is 4.74 Å². The molecule has 0 N–H and O–H groups in total. The third-order valence-corrected chi connectivity index (χ3v) is 5.87. The molecule has 2 aromatic rings. The molecule has 0 radical (unpaired) electrons. The average Bonchev–Trinajstić information content (AvgIpc) is 2.77. The van der Waals surface area contributed by atoms with Crippen molar-refractivity contribution in [3.8, 4) is 5.75 Å². The minimum absolute atomic E-state index is 0.122. The second-order valence-corrected chi connectivity index (χ2v) is 7.60. The molecule has 0 amide bonds. The van der Waals surface area contributed by atoms with Gasteiger partial charge in [-0.25, -0.2) is 0 Å². The molecule has 0 saturated carbocycles. The topological polar surface area (TPSA) is 34.5 Å². The van der Waals surface area contributed by atoms with Crippen LogP contribution in [-0.4, -0.2) is 36.1 Å². The van der Waals surface area contributed by atoms with Crippen LogP contribution in [0.5, 0.6) is 5.75 Å². The Hall–Kier alpha value is -0.850. The summed E-state index contributed by atoms with van der Waals surface area (Å²) in [4.78, 5) is 14.9. The number of rotatable bonds is 3. The SMILES string of the molecule is COc1cc2sn(CC3CCN(C)CC3)c(=O)c2cc1Br. The minimum Gasteiger partial charge on any atom is -0.496 e. The molecular formula is C15H19BrN2O2S. The van der Waals surface area contributed by atoms with Gasteiger partial charge in [0.2, 0.25) is 0 Å². The third-order valence-electron chi connectivity index (χ3n) is 4.18. The van der Waals surface area contributed by atoms with Crippen molar-refractivity contribution in [1.29, 1.82) is 0 Å². The molecule has 0 atom stereocenters. The molecule has 0 bridgehead atoms. The second kappa shape index (κ2) is 6.10. The fourth-order valence-corrected chi connectivity index (χ4v) is 4.44. The molecule has 1 aliphatic heterocycles. The quantitative estimate of drug-likeness (QED) is 0.831. The molecule has 1 aromatic heterocycles. The monoisotopic (exact) mass is 370 g/mol. The summed E-state index contributed by atoms with van der Waals surface area (Å²) in [5.41, 5.74) is 0.122. The number of ether oxygens (including phenoxy) is 1. The van der Waals surface area contributed by atoms with Crippen molar-refractivity contribution in [3.63, 3.8) is 0 Å². The van der Waals surface area contributed by atoms with Gasteiger partial charge in [0, 0.05) is 12.6 Å². The molecular weight excluding hydrogens is 352 g/mol. The molecule has 4 nitrogen and oxygen atoms in total. The van der Waals surface area contributed by atoms with Crippen molar-refractivity contribution in [1.82, 2.24) is 8.86 Å². The molecule has 1 fully saturated rings. The van der Waals surface area contributed by atoms with Gasteiger partial charge in [0.05, 0.1) is 21.7 Å². The summed E-state index contributed by atoms with van der Waals surface area (Å²) in [6.45, 7) is 3.10. The zero-order chi connectivity index (χ0) is 15.0. The first-order chi connectivity index (χ1) is 10.1. The normalized spacial score (nSPS) is 17.5. The van der Waals surface area contributed by atoms with Crippen LogP contribution in [0.15, 0.2) is 21.4 Å². The Morgan fingerprint density at radius 2 is 2.10 bits per heavy atom. The lowest BCUT2D eigenvalue weighted by atomic mass is 9.97. The van der Waals surface area contributed by atoms with Gasteiger partial charge in [0.15, 0.2) is 0 Å². The lowest BCUT2D eigenvalue weighted by Gasteiger charge is -2.28. The van der Waals surface area contributed by atoms with Crippen LogP contribution in [0.4, 0.5) is 0 Å². The minimum atomic E-state index is 0.122. The van der Waals surface area contributed by atoms with Crippen LogP contribution < -0.4 is 10.3 Å². The van der Waals surface area contributed by atoms with E-state index in [1.54, 1.807) is 18.6 Å². The van der Waals surface area contributed by atoms with Gasteiger partial charge >= 0.3 is 0 Å². The highest BCUT2D eigenvalue weighted by molar-refractivity contribution is 9.10. The van der Waals surface area contributed by atoms with E-state index in [2.05, 4.69) is 27.9 Å². The van der Waals surface area contributed by atoms with Crippen LogP contribution in [-0.2, 0) is 6.54 Å². The summed E-state index contributed by atoms with van der Waals surface area (Å²) in [5.74, 6) is 1.38. The number of nitrogens with zero attached hydrogens (tertiary/aromatic N) is 2. The summed E-state index contributed by atoms with van der Waals surface area (Å²) in [6, 6.07) is 3.81. The first kappa shape index (κ1) is 15.1. The highest BCUT2D eigenvalue weighted by Gasteiger charge is 2.19. The Labute approximate surface area is 136 Å². The average molecular weight is 371 g/mol. The number of likely N-dealkylation sites (tertiary alicyclic amines) is 1. The summed E-state index contributed by atoms with van der Waals surface area (Å²) in [5, 5.41) is 0.778.